The van der Waals surface area contributed by atoms with E-state index in [4.69, 9.17) is 0 Å². The molecule has 7 nitrogen and oxygen atoms in total. The van der Waals surface area contributed by atoms with Crippen molar-refractivity contribution < 1.29 is 46.3 Å². The molecule has 0 unspecified atom stereocenters. The molecule has 0 fully saturated rings. The second-order valence-electron chi connectivity index (χ2n) is 11.2. The maximum atomic E-state index is 13.8. The number of halogens is 1. The average molecular weight is 873 g/mol. The van der Waals surface area contributed by atoms with Gasteiger partial charge in [-0.1, -0.05) is 0 Å². The first kappa shape index (κ1) is 36.1. The van der Waals surface area contributed by atoms with Crippen molar-refractivity contribution in [3.05, 3.63) is 80.6 Å². The summed E-state index contributed by atoms with van der Waals surface area (Å²) in [4.78, 5) is 16.2. The molecule has 0 bridgehead atoms. The standard InChI is InChI=1S/C34H41N3O4SSe2.HI/c1-3-5-7-13-20-36-27-15-9-11-17-29(27)43-31(36)23-25-33(35-19-22-42(39,40)41)26(34(25)38)24-32-37(21-14-8-6-4-2)28-16-10-12-18-30(28)44-32;/h9-12,15-18,23-24H,3-8,13-14,19-22H2,1-2H3,(H-,35,38,39,40,41);1H/p-1. The van der Waals surface area contributed by atoms with E-state index in [0.29, 0.717) is 16.8 Å². The minimum absolute atomic E-state index is 0. The molecule has 45 heavy (non-hydrogen) atoms. The molecular formula is C34H41IN3O4SSe2-. The first-order valence-electron chi connectivity index (χ1n) is 15.7. The zero-order chi connectivity index (χ0) is 31.1. The molecule has 0 radical (unpaired) electrons. The van der Waals surface area contributed by atoms with Gasteiger partial charge in [0.25, 0.3) is 0 Å². The number of aromatic nitrogens is 1. The Kier molecular flexibility index (Phi) is 13.6. The Balaban J connectivity index is 0.00000461. The molecule has 0 amide bonds. The number of benzene rings is 2. The number of para-hydroxylation sites is 2. The van der Waals surface area contributed by atoms with Crippen molar-refractivity contribution in [2.75, 3.05) is 23.7 Å². The Labute approximate surface area is 296 Å². The Morgan fingerprint density at radius 3 is 2.40 bits per heavy atom. The minimum Gasteiger partial charge on any atom is -1.00 e. The van der Waals surface area contributed by atoms with Crippen molar-refractivity contribution in [3.63, 3.8) is 0 Å². The van der Waals surface area contributed by atoms with E-state index in [0.717, 1.165) is 47.9 Å². The SMILES string of the molecule is CCCCCCN1/C(=C/C2=C(NCCS(=O)(=O)[O-])C(=C/c3[se]c4ccccc4[n+]3CCCCCC)/C2=O)[Se]c2ccccc21.[I-]. The fourth-order valence-electron chi connectivity index (χ4n) is 5.64. The van der Waals surface area contributed by atoms with Crippen LogP contribution in [0.2, 0.25) is 0 Å². The smallest absolute Gasteiger partial charge is 1.00 e. The van der Waals surface area contributed by atoms with Gasteiger partial charge in [-0.3, -0.25) is 0 Å². The van der Waals surface area contributed by atoms with Crippen LogP contribution in [0.5, 0.6) is 0 Å². The van der Waals surface area contributed by atoms with Gasteiger partial charge in [0.15, 0.2) is 0 Å². The van der Waals surface area contributed by atoms with Crippen LogP contribution in [0.1, 0.15) is 69.8 Å². The van der Waals surface area contributed by atoms with Crippen molar-refractivity contribution >= 4 is 71.4 Å². The summed E-state index contributed by atoms with van der Waals surface area (Å²) in [5, 5.41) is 3.18. The molecule has 0 atom stereocenters. The van der Waals surface area contributed by atoms with Crippen LogP contribution in [0, 0.1) is 0 Å². The average Bonchev–Trinajstić information content (AvgIpc) is 3.54. The number of hydrogen-bond acceptors (Lipinski definition) is 6. The molecule has 2 aromatic carbocycles. The number of fused-ring (bicyclic) bond motifs is 2. The molecule has 11 heteroatoms. The van der Waals surface area contributed by atoms with Crippen LogP contribution in [0.3, 0.4) is 0 Å². The van der Waals surface area contributed by atoms with E-state index < -0.39 is 15.9 Å². The maximum Gasteiger partial charge on any atom is -1.00 e. The number of allylic oxidation sites excluding steroid dienone is 3. The number of carbonyl (C=O) groups is 1. The van der Waals surface area contributed by atoms with Gasteiger partial charge in [0, 0.05) is 0 Å². The quantitative estimate of drug-likeness (QED) is 0.0585. The predicted molar refractivity (Wildman–Crippen MR) is 179 cm³/mol. The molecule has 1 aromatic heterocycles. The normalized spacial score (nSPS) is 16.4. The Bertz CT molecular complexity index is 1710. The molecule has 1 aliphatic carbocycles. The van der Waals surface area contributed by atoms with Gasteiger partial charge in [-0.25, -0.2) is 0 Å². The molecule has 0 saturated heterocycles. The van der Waals surface area contributed by atoms with Crippen molar-refractivity contribution in [1.82, 2.24) is 5.32 Å². The summed E-state index contributed by atoms with van der Waals surface area (Å²) in [5.74, 6) is -0.566. The molecule has 3 aromatic rings. The first-order chi connectivity index (χ1) is 21.3. The third-order valence-corrected chi connectivity index (χ3v) is 13.3. The number of hydrogen-bond donors (Lipinski definition) is 1. The molecule has 2 aliphatic rings. The first-order valence-corrected chi connectivity index (χ1v) is 20.7. The molecule has 1 N–H and O–H groups in total. The number of rotatable bonds is 16. The summed E-state index contributed by atoms with van der Waals surface area (Å²) in [6.45, 7) is 6.18. The molecule has 0 saturated carbocycles. The predicted octanol–water partition coefficient (Wildman–Crippen LogP) is 1.40. The van der Waals surface area contributed by atoms with E-state index >= 15 is 0 Å². The van der Waals surface area contributed by atoms with Gasteiger partial charge in [0.05, 0.1) is 0 Å². The summed E-state index contributed by atoms with van der Waals surface area (Å²) >= 11 is 0.107. The van der Waals surface area contributed by atoms with Crippen LogP contribution in [0.25, 0.3) is 15.9 Å². The fraction of sp³-hybridized carbons (Fsp3) is 0.412. The monoisotopic (exact) mass is 874 g/mol. The van der Waals surface area contributed by atoms with Gasteiger partial charge < -0.3 is 24.0 Å². The third-order valence-electron chi connectivity index (χ3n) is 7.96. The second kappa shape index (κ2) is 16.9. The number of anilines is 1. The molecule has 2 heterocycles. The summed E-state index contributed by atoms with van der Waals surface area (Å²) < 4.78 is 41.5. The van der Waals surface area contributed by atoms with Crippen molar-refractivity contribution in [1.29, 1.82) is 0 Å². The zero-order valence-corrected chi connectivity index (χ0v) is 32.3. The summed E-state index contributed by atoms with van der Waals surface area (Å²) in [5.41, 5.74) is 4.22. The van der Waals surface area contributed by atoms with Gasteiger partial charge in [-0.05, 0) is 0 Å². The van der Waals surface area contributed by atoms with E-state index in [1.165, 1.54) is 45.6 Å². The topological polar surface area (TPSA) is 93.4 Å². The summed E-state index contributed by atoms with van der Waals surface area (Å²) in [6.07, 6.45) is 13.3. The fourth-order valence-corrected chi connectivity index (χ4v) is 10.7. The summed E-state index contributed by atoms with van der Waals surface area (Å²) in [6, 6.07) is 16.9. The maximum absolute atomic E-state index is 13.8. The van der Waals surface area contributed by atoms with Crippen LogP contribution >= 0.6 is 0 Å². The van der Waals surface area contributed by atoms with Crippen LogP contribution in [-0.4, -0.2) is 67.1 Å². The molecule has 0 spiro atoms. The van der Waals surface area contributed by atoms with Crippen LogP contribution in [-0.2, 0) is 21.5 Å². The van der Waals surface area contributed by atoms with Crippen molar-refractivity contribution in [3.8, 4) is 0 Å². The number of carbonyl (C=O) groups excluding carboxylic acids is 1. The van der Waals surface area contributed by atoms with E-state index in [9.17, 15) is 17.8 Å². The molecule has 5 rings (SSSR count). The largest absolute Gasteiger partial charge is 1.00 e. The third kappa shape index (κ3) is 9.00. The number of Topliss-reactive ketones (excluding diaryl/α,β-unsaturated/α-hetero) is 1. The minimum atomic E-state index is -4.39. The van der Waals surface area contributed by atoms with Gasteiger partial charge in [0.1, 0.15) is 0 Å². The number of nitrogens with one attached hydrogen (secondary N) is 1. The van der Waals surface area contributed by atoms with E-state index in [1.807, 2.05) is 12.2 Å². The van der Waals surface area contributed by atoms with Gasteiger partial charge in [0.2, 0.25) is 0 Å². The number of ketones is 1. The van der Waals surface area contributed by atoms with E-state index in [-0.39, 0.29) is 65.8 Å². The number of unbranched alkanes of at least 4 members (excludes halogenated alkanes) is 6. The van der Waals surface area contributed by atoms with Crippen LogP contribution < -0.4 is 43.2 Å². The van der Waals surface area contributed by atoms with E-state index in [2.05, 4.69) is 77.2 Å². The zero-order valence-electron chi connectivity index (χ0n) is 25.9. The second-order valence-corrected chi connectivity index (χ2v) is 17.2. The Morgan fingerprint density at radius 1 is 0.933 bits per heavy atom. The van der Waals surface area contributed by atoms with Crippen molar-refractivity contribution in [2.24, 2.45) is 0 Å². The molecular weight excluding hydrogens is 831 g/mol. The summed E-state index contributed by atoms with van der Waals surface area (Å²) in [7, 11) is -4.39. The number of nitrogens with zero attached hydrogens (tertiary/aromatic N) is 2. The van der Waals surface area contributed by atoms with Crippen LogP contribution in [0.4, 0.5) is 5.69 Å². The van der Waals surface area contributed by atoms with Gasteiger partial charge in [-0.2, -0.15) is 0 Å². The van der Waals surface area contributed by atoms with Crippen LogP contribution in [0.15, 0.2) is 76.0 Å². The Hall–Kier alpha value is -1.72. The van der Waals surface area contributed by atoms with E-state index in [1.54, 1.807) is 0 Å². The van der Waals surface area contributed by atoms with Gasteiger partial charge >= 0.3 is 275 Å². The molecule has 242 valence electrons. The Morgan fingerprint density at radius 2 is 1.64 bits per heavy atom. The molecule has 1 aliphatic heterocycles. The van der Waals surface area contributed by atoms with Gasteiger partial charge in [-0.15, -0.1) is 0 Å². The number of aryl methyl sites for hydroxylation is 1. The van der Waals surface area contributed by atoms with Crippen molar-refractivity contribution in [2.45, 2.75) is 71.8 Å².